The fourth-order valence-electron chi connectivity index (χ4n) is 0.651. The lowest BCUT2D eigenvalue weighted by Crippen LogP contribution is -2.43. The molecular weight excluding hydrogens is 174 g/mol. The first kappa shape index (κ1) is 11.9. The number of rotatable bonds is 5. The van der Waals surface area contributed by atoms with Crippen molar-refractivity contribution >= 4 is 11.8 Å². The van der Waals surface area contributed by atoms with Crippen LogP contribution in [0.25, 0.3) is 0 Å². The first-order valence-corrected chi connectivity index (χ1v) is 4.10. The third kappa shape index (κ3) is 7.23. The fourth-order valence-corrected chi connectivity index (χ4v) is 0.651. The lowest BCUT2D eigenvalue weighted by Gasteiger charge is -2.05. The van der Waals surface area contributed by atoms with E-state index in [4.69, 9.17) is 0 Å². The Balaban J connectivity index is 3.40. The minimum atomic E-state index is -0.479. The van der Waals surface area contributed by atoms with Crippen LogP contribution in [0, 0.1) is 0 Å². The summed E-state index contributed by atoms with van der Waals surface area (Å²) in [6.45, 7) is 1.71. The molecule has 0 aromatic heterocycles. The lowest BCUT2D eigenvalue weighted by atomic mass is 10.2. The van der Waals surface area contributed by atoms with Crippen LogP contribution in [0.5, 0.6) is 0 Å². The molecule has 0 aliphatic rings. The summed E-state index contributed by atoms with van der Waals surface area (Å²) in [5.74, 6) is 3.95. The Morgan fingerprint density at radius 2 is 1.92 bits per heavy atom. The molecule has 0 heterocycles. The maximum Gasteiger partial charge on any atom is 0.266 e. The number of amides is 2. The van der Waals surface area contributed by atoms with Crippen LogP contribution in [-0.4, -0.2) is 18.4 Å². The molecule has 0 aromatic rings. The Morgan fingerprint density at radius 3 is 2.46 bits per heavy atom. The summed E-state index contributed by atoms with van der Waals surface area (Å²) in [7, 11) is 0. The molecule has 0 atom stereocenters. The first-order valence-electron chi connectivity index (χ1n) is 4.10. The maximum atomic E-state index is 10.9. The monoisotopic (exact) mass is 189 g/mol. The van der Waals surface area contributed by atoms with E-state index >= 15 is 0 Å². The minimum absolute atomic E-state index is 0.216. The van der Waals surface area contributed by atoms with Crippen LogP contribution < -0.4 is 16.7 Å². The highest BCUT2D eigenvalue weighted by molar-refractivity contribution is 5.82. The number of hydrogen-bond donors (Lipinski definition) is 3. The van der Waals surface area contributed by atoms with E-state index in [1.807, 2.05) is 6.92 Å². The highest BCUT2D eigenvalue weighted by Crippen LogP contribution is 1.91. The number of nitrogens with one attached hydrogen (secondary N) is 2. The standard InChI is InChI=1S/C7H15N3O3/c1-2-3-4-6(11)9-10-7(12)5-13-8/h2-5,8H2,1H3,(H,9,11)(H,10,12). The van der Waals surface area contributed by atoms with Crippen molar-refractivity contribution in [3.8, 4) is 0 Å². The zero-order chi connectivity index (χ0) is 10.1. The van der Waals surface area contributed by atoms with Gasteiger partial charge in [-0.15, -0.1) is 0 Å². The van der Waals surface area contributed by atoms with Gasteiger partial charge in [0.2, 0.25) is 5.91 Å². The lowest BCUT2D eigenvalue weighted by molar-refractivity contribution is -0.131. The van der Waals surface area contributed by atoms with Crippen molar-refractivity contribution in [2.45, 2.75) is 26.2 Å². The van der Waals surface area contributed by atoms with Gasteiger partial charge < -0.3 is 0 Å². The minimum Gasteiger partial charge on any atom is -0.295 e. The van der Waals surface area contributed by atoms with Gasteiger partial charge in [0.1, 0.15) is 6.61 Å². The predicted molar refractivity (Wildman–Crippen MR) is 45.9 cm³/mol. The smallest absolute Gasteiger partial charge is 0.266 e. The predicted octanol–water partition coefficient (Wildman–Crippen LogP) is -0.786. The average Bonchev–Trinajstić information content (AvgIpc) is 2.12. The molecule has 76 valence electrons. The van der Waals surface area contributed by atoms with Crippen LogP contribution in [0.4, 0.5) is 0 Å². The Labute approximate surface area is 76.7 Å². The van der Waals surface area contributed by atoms with E-state index in [9.17, 15) is 9.59 Å². The van der Waals surface area contributed by atoms with Gasteiger partial charge in [-0.25, -0.2) is 5.90 Å². The second-order valence-corrected chi connectivity index (χ2v) is 2.51. The van der Waals surface area contributed by atoms with Gasteiger partial charge in [-0.2, -0.15) is 0 Å². The third-order valence-electron chi connectivity index (χ3n) is 1.31. The van der Waals surface area contributed by atoms with Crippen LogP contribution in [-0.2, 0) is 14.4 Å². The Morgan fingerprint density at radius 1 is 1.31 bits per heavy atom. The molecule has 0 aliphatic carbocycles. The van der Waals surface area contributed by atoms with Gasteiger partial charge in [0.15, 0.2) is 0 Å². The van der Waals surface area contributed by atoms with E-state index in [0.717, 1.165) is 12.8 Å². The van der Waals surface area contributed by atoms with E-state index in [1.165, 1.54) is 0 Å². The first-order chi connectivity index (χ1) is 6.20. The third-order valence-corrected chi connectivity index (χ3v) is 1.31. The number of hydrazine groups is 1. The van der Waals surface area contributed by atoms with Crippen LogP contribution in [0.1, 0.15) is 26.2 Å². The van der Waals surface area contributed by atoms with Gasteiger partial charge in [0.25, 0.3) is 5.91 Å². The number of carbonyl (C=O) groups excluding carboxylic acids is 2. The molecule has 0 bridgehead atoms. The molecule has 0 unspecified atom stereocenters. The molecule has 0 saturated carbocycles. The van der Waals surface area contributed by atoms with E-state index in [2.05, 4.69) is 21.6 Å². The summed E-state index contributed by atoms with van der Waals surface area (Å²) in [6, 6.07) is 0. The summed E-state index contributed by atoms with van der Waals surface area (Å²) in [6.07, 6.45) is 2.14. The zero-order valence-corrected chi connectivity index (χ0v) is 7.63. The second kappa shape index (κ2) is 7.51. The molecule has 4 N–H and O–H groups in total. The van der Waals surface area contributed by atoms with E-state index in [-0.39, 0.29) is 12.5 Å². The zero-order valence-electron chi connectivity index (χ0n) is 7.63. The van der Waals surface area contributed by atoms with Crippen LogP contribution in [0.3, 0.4) is 0 Å². The quantitative estimate of drug-likeness (QED) is 0.494. The number of nitrogens with two attached hydrogens (primary N) is 1. The van der Waals surface area contributed by atoms with Crippen molar-refractivity contribution in [1.82, 2.24) is 10.9 Å². The Hall–Kier alpha value is -1.14. The van der Waals surface area contributed by atoms with Crippen molar-refractivity contribution in [2.75, 3.05) is 6.61 Å². The van der Waals surface area contributed by atoms with Crippen molar-refractivity contribution in [3.63, 3.8) is 0 Å². The molecular formula is C7H15N3O3. The molecule has 13 heavy (non-hydrogen) atoms. The van der Waals surface area contributed by atoms with Crippen LogP contribution >= 0.6 is 0 Å². The average molecular weight is 189 g/mol. The molecule has 0 saturated heterocycles. The van der Waals surface area contributed by atoms with Gasteiger partial charge in [-0.05, 0) is 6.42 Å². The van der Waals surface area contributed by atoms with Gasteiger partial charge in [-0.1, -0.05) is 13.3 Å². The normalized spacial score (nSPS) is 9.38. The second-order valence-electron chi connectivity index (χ2n) is 2.51. The molecule has 6 heteroatoms. The Bertz CT molecular complexity index is 172. The van der Waals surface area contributed by atoms with Crippen LogP contribution in [0.15, 0.2) is 0 Å². The summed E-state index contributed by atoms with van der Waals surface area (Å²) in [5, 5.41) is 0. The maximum absolute atomic E-state index is 10.9. The van der Waals surface area contributed by atoms with Gasteiger partial charge in [0.05, 0.1) is 0 Å². The highest BCUT2D eigenvalue weighted by Gasteiger charge is 2.02. The molecule has 0 fully saturated rings. The van der Waals surface area contributed by atoms with E-state index < -0.39 is 5.91 Å². The molecule has 0 spiro atoms. The fraction of sp³-hybridized carbons (Fsp3) is 0.714. The summed E-state index contributed by atoms with van der Waals surface area (Å²) in [4.78, 5) is 25.7. The SMILES string of the molecule is CCCCC(=O)NNC(=O)CON. The van der Waals surface area contributed by atoms with Crippen molar-refractivity contribution in [2.24, 2.45) is 5.90 Å². The number of carbonyl (C=O) groups is 2. The van der Waals surface area contributed by atoms with Gasteiger partial charge >= 0.3 is 0 Å². The topological polar surface area (TPSA) is 93.5 Å². The van der Waals surface area contributed by atoms with E-state index in [1.54, 1.807) is 0 Å². The summed E-state index contributed by atoms with van der Waals surface area (Å²) in [5.41, 5.74) is 4.38. The molecule has 0 aromatic carbocycles. The molecule has 2 amide bonds. The highest BCUT2D eigenvalue weighted by atomic mass is 16.6. The summed E-state index contributed by atoms with van der Waals surface area (Å²) >= 11 is 0. The molecule has 0 rings (SSSR count). The van der Waals surface area contributed by atoms with E-state index in [0.29, 0.717) is 6.42 Å². The molecule has 0 radical (unpaired) electrons. The summed E-state index contributed by atoms with van der Waals surface area (Å²) < 4.78 is 0. The number of hydrogen-bond acceptors (Lipinski definition) is 4. The van der Waals surface area contributed by atoms with Gasteiger partial charge in [-0.3, -0.25) is 25.3 Å². The van der Waals surface area contributed by atoms with Crippen molar-refractivity contribution in [1.29, 1.82) is 0 Å². The van der Waals surface area contributed by atoms with Crippen LogP contribution in [0.2, 0.25) is 0 Å². The largest absolute Gasteiger partial charge is 0.295 e. The molecule has 6 nitrogen and oxygen atoms in total. The van der Waals surface area contributed by atoms with Gasteiger partial charge in [0, 0.05) is 6.42 Å². The van der Waals surface area contributed by atoms with Crippen molar-refractivity contribution < 1.29 is 14.4 Å². The number of unbranched alkanes of at least 4 members (excludes halogenated alkanes) is 1. The Kier molecular flexibility index (Phi) is 6.85. The van der Waals surface area contributed by atoms with Crippen molar-refractivity contribution in [3.05, 3.63) is 0 Å². The molecule has 0 aliphatic heterocycles.